The molecule has 1 N–H and O–H groups in total. The van der Waals surface area contributed by atoms with Crippen molar-refractivity contribution in [3.63, 3.8) is 0 Å². The quantitative estimate of drug-likeness (QED) is 0.790. The molecule has 1 heterocycles. The molecule has 98 valence electrons. The van der Waals surface area contributed by atoms with Crippen LogP contribution in [0.2, 0.25) is 0 Å². The van der Waals surface area contributed by atoms with Gasteiger partial charge in [-0.25, -0.2) is 0 Å². The monoisotopic (exact) mass is 237 g/mol. The van der Waals surface area contributed by atoms with E-state index in [1.165, 1.54) is 18.5 Å². The third-order valence-electron chi connectivity index (χ3n) is 3.43. The van der Waals surface area contributed by atoms with Crippen LogP contribution in [0.3, 0.4) is 0 Å². The van der Waals surface area contributed by atoms with Crippen molar-refractivity contribution in [2.24, 2.45) is 13.0 Å². The van der Waals surface area contributed by atoms with Gasteiger partial charge in [-0.1, -0.05) is 27.2 Å². The van der Waals surface area contributed by atoms with Crippen LogP contribution in [0.1, 0.15) is 45.0 Å². The van der Waals surface area contributed by atoms with E-state index >= 15 is 0 Å². The lowest BCUT2D eigenvalue weighted by atomic mass is 9.96. The van der Waals surface area contributed by atoms with Crippen LogP contribution in [0.25, 0.3) is 0 Å². The van der Waals surface area contributed by atoms with Crippen LogP contribution in [-0.2, 0) is 13.5 Å². The normalized spacial score (nSPS) is 14.9. The van der Waals surface area contributed by atoms with Gasteiger partial charge in [0, 0.05) is 25.2 Å². The average Bonchev–Trinajstić information content (AvgIpc) is 2.57. The molecule has 0 saturated carbocycles. The number of aromatic nitrogens is 2. The maximum absolute atomic E-state index is 4.41. The van der Waals surface area contributed by atoms with Gasteiger partial charge in [0.2, 0.25) is 0 Å². The van der Waals surface area contributed by atoms with Crippen LogP contribution >= 0.6 is 0 Å². The Morgan fingerprint density at radius 2 is 2.12 bits per heavy atom. The number of hydrogen-bond donors (Lipinski definition) is 1. The number of likely N-dealkylation sites (N-methyl/N-ethyl adjacent to an activating group) is 1. The van der Waals surface area contributed by atoms with Crippen LogP contribution < -0.4 is 5.32 Å². The summed E-state index contributed by atoms with van der Waals surface area (Å²) in [7, 11) is 2.04. The standard InChI is InChI=1S/C14H27N3/c1-6-11(3)8-13(15-7-2)10-14-9-12(4)16-17(14)5/h9,11,13,15H,6-8,10H2,1-5H3. The molecule has 1 aromatic heterocycles. The molecule has 0 bridgehead atoms. The maximum atomic E-state index is 4.41. The van der Waals surface area contributed by atoms with E-state index in [1.54, 1.807) is 0 Å². The fourth-order valence-electron chi connectivity index (χ4n) is 2.29. The van der Waals surface area contributed by atoms with E-state index in [0.29, 0.717) is 6.04 Å². The van der Waals surface area contributed by atoms with Crippen LogP contribution in [-0.4, -0.2) is 22.4 Å². The Kier molecular flexibility index (Phi) is 5.69. The zero-order valence-electron chi connectivity index (χ0n) is 12.0. The van der Waals surface area contributed by atoms with Gasteiger partial charge in [0.1, 0.15) is 0 Å². The van der Waals surface area contributed by atoms with Crippen molar-refractivity contribution in [3.8, 4) is 0 Å². The minimum Gasteiger partial charge on any atom is -0.314 e. The molecule has 2 atom stereocenters. The SMILES string of the molecule is CCNC(Cc1cc(C)nn1C)CC(C)CC. The molecule has 0 saturated heterocycles. The van der Waals surface area contributed by atoms with Gasteiger partial charge in [-0.05, 0) is 31.9 Å². The summed E-state index contributed by atoms with van der Waals surface area (Å²) < 4.78 is 2.01. The molecule has 0 spiro atoms. The Morgan fingerprint density at radius 3 is 2.59 bits per heavy atom. The molecule has 2 unspecified atom stereocenters. The van der Waals surface area contributed by atoms with Gasteiger partial charge in [-0.2, -0.15) is 5.10 Å². The van der Waals surface area contributed by atoms with E-state index in [9.17, 15) is 0 Å². The third-order valence-corrected chi connectivity index (χ3v) is 3.43. The van der Waals surface area contributed by atoms with E-state index in [-0.39, 0.29) is 0 Å². The topological polar surface area (TPSA) is 29.9 Å². The third kappa shape index (κ3) is 4.50. The molecule has 0 aliphatic carbocycles. The van der Waals surface area contributed by atoms with Crippen molar-refractivity contribution in [3.05, 3.63) is 17.5 Å². The molecule has 0 amide bonds. The van der Waals surface area contributed by atoms with E-state index in [0.717, 1.165) is 24.6 Å². The van der Waals surface area contributed by atoms with Gasteiger partial charge in [-0.3, -0.25) is 4.68 Å². The maximum Gasteiger partial charge on any atom is 0.0596 e. The number of nitrogens with zero attached hydrogens (tertiary/aromatic N) is 2. The van der Waals surface area contributed by atoms with Gasteiger partial charge >= 0.3 is 0 Å². The summed E-state index contributed by atoms with van der Waals surface area (Å²) in [5.41, 5.74) is 2.44. The highest BCUT2D eigenvalue weighted by Gasteiger charge is 2.14. The molecule has 1 rings (SSSR count). The smallest absolute Gasteiger partial charge is 0.0596 e. The second-order valence-corrected chi connectivity index (χ2v) is 5.11. The molecule has 17 heavy (non-hydrogen) atoms. The van der Waals surface area contributed by atoms with Crippen molar-refractivity contribution >= 4 is 0 Å². The highest BCUT2D eigenvalue weighted by atomic mass is 15.3. The van der Waals surface area contributed by atoms with Crippen LogP contribution in [0.4, 0.5) is 0 Å². The molecule has 0 aliphatic heterocycles. The van der Waals surface area contributed by atoms with Crippen LogP contribution in [0.15, 0.2) is 6.07 Å². The van der Waals surface area contributed by atoms with E-state index in [2.05, 4.69) is 44.2 Å². The van der Waals surface area contributed by atoms with E-state index in [4.69, 9.17) is 0 Å². The lowest BCUT2D eigenvalue weighted by molar-refractivity contribution is 0.391. The lowest BCUT2D eigenvalue weighted by Gasteiger charge is -2.21. The number of aryl methyl sites for hydroxylation is 2. The summed E-state index contributed by atoms with van der Waals surface area (Å²) in [6, 6.07) is 2.77. The van der Waals surface area contributed by atoms with Crippen molar-refractivity contribution in [2.45, 2.75) is 53.0 Å². The predicted molar refractivity (Wildman–Crippen MR) is 73.2 cm³/mol. The van der Waals surface area contributed by atoms with Crippen molar-refractivity contribution in [1.29, 1.82) is 0 Å². The minimum atomic E-state index is 0.574. The molecule has 3 heteroatoms. The molecule has 0 aromatic carbocycles. The summed E-state index contributed by atoms with van der Waals surface area (Å²) in [6.45, 7) is 9.87. The Balaban J connectivity index is 2.62. The Bertz CT molecular complexity index is 330. The fraction of sp³-hybridized carbons (Fsp3) is 0.786. The predicted octanol–water partition coefficient (Wildman–Crippen LogP) is 2.69. The van der Waals surface area contributed by atoms with Gasteiger partial charge in [0.05, 0.1) is 5.69 Å². The highest BCUT2D eigenvalue weighted by Crippen LogP contribution is 2.14. The van der Waals surface area contributed by atoms with E-state index in [1.807, 2.05) is 11.7 Å². The molecule has 1 aromatic rings. The molecular weight excluding hydrogens is 210 g/mol. The molecule has 0 radical (unpaired) electrons. The number of rotatable bonds is 7. The molecule has 3 nitrogen and oxygen atoms in total. The summed E-state index contributed by atoms with van der Waals surface area (Å²) >= 11 is 0. The van der Waals surface area contributed by atoms with Gasteiger partial charge in [-0.15, -0.1) is 0 Å². The molecule has 0 fully saturated rings. The fourth-order valence-corrected chi connectivity index (χ4v) is 2.29. The summed E-state index contributed by atoms with van der Waals surface area (Å²) in [5, 5.41) is 8.00. The number of nitrogens with one attached hydrogen (secondary N) is 1. The zero-order chi connectivity index (χ0) is 12.8. The number of hydrogen-bond acceptors (Lipinski definition) is 2. The summed E-state index contributed by atoms with van der Waals surface area (Å²) in [6.07, 6.45) is 3.58. The summed E-state index contributed by atoms with van der Waals surface area (Å²) in [5.74, 6) is 0.786. The van der Waals surface area contributed by atoms with Gasteiger partial charge < -0.3 is 5.32 Å². The molecule has 0 aliphatic rings. The van der Waals surface area contributed by atoms with Crippen molar-refractivity contribution in [2.75, 3.05) is 6.54 Å². The highest BCUT2D eigenvalue weighted by molar-refractivity contribution is 5.10. The average molecular weight is 237 g/mol. The summed E-state index contributed by atoms with van der Waals surface area (Å²) in [4.78, 5) is 0. The second kappa shape index (κ2) is 6.80. The Labute approximate surface area is 106 Å². The first-order valence-corrected chi connectivity index (χ1v) is 6.79. The Hall–Kier alpha value is -0.830. The molecular formula is C14H27N3. The zero-order valence-corrected chi connectivity index (χ0v) is 12.0. The van der Waals surface area contributed by atoms with Crippen LogP contribution in [0, 0.1) is 12.8 Å². The first-order chi connectivity index (χ1) is 8.06. The second-order valence-electron chi connectivity index (χ2n) is 5.11. The minimum absolute atomic E-state index is 0.574. The van der Waals surface area contributed by atoms with E-state index < -0.39 is 0 Å². The Morgan fingerprint density at radius 1 is 1.41 bits per heavy atom. The lowest BCUT2D eigenvalue weighted by Crippen LogP contribution is -2.33. The van der Waals surface area contributed by atoms with Crippen LogP contribution in [0.5, 0.6) is 0 Å². The first kappa shape index (κ1) is 14.2. The largest absolute Gasteiger partial charge is 0.314 e. The van der Waals surface area contributed by atoms with Gasteiger partial charge in [0.25, 0.3) is 0 Å². The van der Waals surface area contributed by atoms with Crippen molar-refractivity contribution in [1.82, 2.24) is 15.1 Å². The van der Waals surface area contributed by atoms with Gasteiger partial charge in [0.15, 0.2) is 0 Å². The van der Waals surface area contributed by atoms with Crippen molar-refractivity contribution < 1.29 is 0 Å². The first-order valence-electron chi connectivity index (χ1n) is 6.79.